The van der Waals surface area contributed by atoms with Gasteiger partial charge in [-0.3, -0.25) is 0 Å². The number of hydrogen-bond donors (Lipinski definition) is 1. The van der Waals surface area contributed by atoms with Crippen LogP contribution in [0, 0.1) is 6.92 Å². The lowest BCUT2D eigenvalue weighted by molar-refractivity contribution is 0.511. The van der Waals surface area contributed by atoms with Crippen molar-refractivity contribution >= 4 is 11.3 Å². The van der Waals surface area contributed by atoms with Crippen molar-refractivity contribution in [3.63, 3.8) is 0 Å². The van der Waals surface area contributed by atoms with Crippen molar-refractivity contribution in [2.45, 2.75) is 34.1 Å². The highest BCUT2D eigenvalue weighted by Crippen LogP contribution is 2.26. The molecule has 2 aromatic carbocycles. The Bertz CT molecular complexity index is 702. The minimum absolute atomic E-state index is 0.320. The van der Waals surface area contributed by atoms with Crippen molar-refractivity contribution in [3.05, 3.63) is 82.4 Å². The molecular formula is C21H24O. The van der Waals surface area contributed by atoms with Crippen LogP contribution >= 0.6 is 0 Å². The highest BCUT2D eigenvalue weighted by molar-refractivity contribution is 5.83. The van der Waals surface area contributed by atoms with Gasteiger partial charge in [0.25, 0.3) is 0 Å². The first-order valence-electron chi connectivity index (χ1n) is 7.76. The fourth-order valence-corrected chi connectivity index (χ4v) is 2.58. The Morgan fingerprint density at radius 1 is 1.05 bits per heavy atom. The molecule has 0 saturated carbocycles. The summed E-state index contributed by atoms with van der Waals surface area (Å²) in [5, 5.41) is 10.6. The van der Waals surface area contributed by atoms with E-state index in [-0.39, 0.29) is 0 Å². The lowest BCUT2D eigenvalue weighted by Gasteiger charge is -2.10. The van der Waals surface area contributed by atoms with Gasteiger partial charge in [-0.1, -0.05) is 61.0 Å². The van der Waals surface area contributed by atoms with Gasteiger partial charge < -0.3 is 5.11 Å². The molecule has 0 atom stereocenters. The van der Waals surface area contributed by atoms with Crippen LogP contribution in [0.2, 0.25) is 0 Å². The molecule has 0 aliphatic heterocycles. The molecule has 2 rings (SSSR count). The maximum Gasteiger partial charge on any atom is 0.123 e. The fourth-order valence-electron chi connectivity index (χ4n) is 2.58. The molecule has 1 heteroatoms. The quantitative estimate of drug-likeness (QED) is 0.545. The first-order chi connectivity index (χ1) is 10.5. The van der Waals surface area contributed by atoms with Crippen molar-refractivity contribution in [2.75, 3.05) is 0 Å². The number of aliphatic hydroxyl groups is 1. The predicted octanol–water partition coefficient (Wildman–Crippen LogP) is 5.95. The SMILES string of the molecule is CCc1ccc(/C(O)=C\C(=C(C)C)c2ccccc2)c(C)c1. The second kappa shape index (κ2) is 7.13. The molecular weight excluding hydrogens is 268 g/mol. The second-order valence-corrected chi connectivity index (χ2v) is 5.81. The van der Waals surface area contributed by atoms with Crippen LogP contribution in [0.5, 0.6) is 0 Å². The van der Waals surface area contributed by atoms with Crippen LogP contribution in [0.4, 0.5) is 0 Å². The van der Waals surface area contributed by atoms with E-state index in [4.69, 9.17) is 0 Å². The number of aryl methyl sites for hydroxylation is 2. The summed E-state index contributed by atoms with van der Waals surface area (Å²) in [5.74, 6) is 0.320. The van der Waals surface area contributed by atoms with Gasteiger partial charge in [-0.05, 0) is 55.5 Å². The average Bonchev–Trinajstić information content (AvgIpc) is 2.52. The van der Waals surface area contributed by atoms with E-state index in [9.17, 15) is 5.11 Å². The van der Waals surface area contributed by atoms with Gasteiger partial charge in [-0.2, -0.15) is 0 Å². The van der Waals surface area contributed by atoms with Crippen molar-refractivity contribution in [2.24, 2.45) is 0 Å². The van der Waals surface area contributed by atoms with E-state index in [0.717, 1.165) is 28.7 Å². The van der Waals surface area contributed by atoms with Gasteiger partial charge in [0, 0.05) is 5.56 Å². The Balaban J connectivity index is 2.44. The molecule has 22 heavy (non-hydrogen) atoms. The molecule has 0 amide bonds. The van der Waals surface area contributed by atoms with Crippen molar-refractivity contribution in [1.29, 1.82) is 0 Å². The van der Waals surface area contributed by atoms with E-state index >= 15 is 0 Å². The van der Waals surface area contributed by atoms with Crippen LogP contribution in [0.1, 0.15) is 43.0 Å². The van der Waals surface area contributed by atoms with Gasteiger partial charge >= 0.3 is 0 Å². The Morgan fingerprint density at radius 3 is 2.27 bits per heavy atom. The van der Waals surface area contributed by atoms with Gasteiger partial charge in [0.05, 0.1) is 0 Å². The third-order valence-corrected chi connectivity index (χ3v) is 3.88. The molecule has 1 N–H and O–H groups in total. The molecule has 0 bridgehead atoms. The summed E-state index contributed by atoms with van der Waals surface area (Å²) in [6, 6.07) is 16.4. The minimum Gasteiger partial charge on any atom is -0.507 e. The van der Waals surface area contributed by atoms with Crippen LogP contribution < -0.4 is 0 Å². The van der Waals surface area contributed by atoms with Crippen molar-refractivity contribution in [1.82, 2.24) is 0 Å². The summed E-state index contributed by atoms with van der Waals surface area (Å²) in [7, 11) is 0. The zero-order valence-corrected chi connectivity index (χ0v) is 13.9. The summed E-state index contributed by atoms with van der Waals surface area (Å²) >= 11 is 0. The lowest BCUT2D eigenvalue weighted by Crippen LogP contribution is -1.92. The Hall–Kier alpha value is -2.28. The molecule has 0 fully saturated rings. The van der Waals surface area contributed by atoms with E-state index < -0.39 is 0 Å². The van der Waals surface area contributed by atoms with Crippen LogP contribution in [-0.2, 0) is 6.42 Å². The third kappa shape index (κ3) is 3.67. The highest BCUT2D eigenvalue weighted by Gasteiger charge is 2.07. The maximum atomic E-state index is 10.6. The van der Waals surface area contributed by atoms with Crippen molar-refractivity contribution in [3.8, 4) is 0 Å². The zero-order chi connectivity index (χ0) is 16.1. The van der Waals surface area contributed by atoms with E-state index in [0.29, 0.717) is 5.76 Å². The molecule has 0 unspecified atom stereocenters. The number of benzene rings is 2. The van der Waals surface area contributed by atoms with E-state index in [1.54, 1.807) is 0 Å². The van der Waals surface area contributed by atoms with E-state index in [1.807, 2.05) is 37.3 Å². The molecule has 0 spiro atoms. The molecule has 0 aliphatic carbocycles. The Labute approximate surface area is 133 Å². The molecule has 0 saturated heterocycles. The Morgan fingerprint density at radius 2 is 1.73 bits per heavy atom. The molecule has 0 aromatic heterocycles. The number of rotatable bonds is 4. The molecule has 0 aliphatic rings. The summed E-state index contributed by atoms with van der Waals surface area (Å²) in [5.41, 5.74) is 6.66. The number of aliphatic hydroxyl groups excluding tert-OH is 1. The standard InChI is InChI=1S/C21H24O/c1-5-17-11-12-19(16(4)13-17)21(22)14-20(15(2)3)18-9-7-6-8-10-18/h6-14,22H,5H2,1-4H3/b21-14+. The predicted molar refractivity (Wildman–Crippen MR) is 95.9 cm³/mol. The van der Waals surface area contributed by atoms with Gasteiger partial charge in [0.1, 0.15) is 5.76 Å². The fraction of sp³-hybridized carbons (Fsp3) is 0.238. The summed E-state index contributed by atoms with van der Waals surface area (Å²) in [6.45, 7) is 8.32. The zero-order valence-electron chi connectivity index (χ0n) is 13.9. The molecule has 1 nitrogen and oxygen atoms in total. The van der Waals surface area contributed by atoms with Crippen LogP contribution in [0.15, 0.2) is 60.2 Å². The number of allylic oxidation sites excluding steroid dienone is 3. The van der Waals surface area contributed by atoms with Gasteiger partial charge in [0.2, 0.25) is 0 Å². The topological polar surface area (TPSA) is 20.2 Å². The molecule has 114 valence electrons. The normalized spacial score (nSPS) is 11.4. The molecule has 0 radical (unpaired) electrons. The van der Waals surface area contributed by atoms with E-state index in [1.165, 1.54) is 11.1 Å². The van der Waals surface area contributed by atoms with Crippen molar-refractivity contribution < 1.29 is 5.11 Å². The molecule has 2 aromatic rings. The molecule has 0 heterocycles. The maximum absolute atomic E-state index is 10.6. The average molecular weight is 292 g/mol. The second-order valence-electron chi connectivity index (χ2n) is 5.81. The Kier molecular flexibility index (Phi) is 5.21. The largest absolute Gasteiger partial charge is 0.507 e. The third-order valence-electron chi connectivity index (χ3n) is 3.88. The van der Waals surface area contributed by atoms with Gasteiger partial charge in [0.15, 0.2) is 0 Å². The summed E-state index contributed by atoms with van der Waals surface area (Å²) in [6.07, 6.45) is 2.88. The highest BCUT2D eigenvalue weighted by atomic mass is 16.3. The van der Waals surface area contributed by atoms with Gasteiger partial charge in [-0.25, -0.2) is 0 Å². The minimum atomic E-state index is 0.320. The first-order valence-corrected chi connectivity index (χ1v) is 7.76. The summed E-state index contributed by atoms with van der Waals surface area (Å²) < 4.78 is 0. The first kappa shape index (κ1) is 16.1. The monoisotopic (exact) mass is 292 g/mol. The van der Waals surface area contributed by atoms with Crippen LogP contribution in [0.3, 0.4) is 0 Å². The van der Waals surface area contributed by atoms with Crippen LogP contribution in [-0.4, -0.2) is 5.11 Å². The van der Waals surface area contributed by atoms with E-state index in [2.05, 4.69) is 45.0 Å². The lowest BCUT2D eigenvalue weighted by atomic mass is 9.97. The summed E-state index contributed by atoms with van der Waals surface area (Å²) in [4.78, 5) is 0. The number of hydrogen-bond acceptors (Lipinski definition) is 1. The van der Waals surface area contributed by atoms with Gasteiger partial charge in [-0.15, -0.1) is 0 Å². The van der Waals surface area contributed by atoms with Crippen LogP contribution in [0.25, 0.3) is 11.3 Å². The smallest absolute Gasteiger partial charge is 0.123 e.